The lowest BCUT2D eigenvalue weighted by atomic mass is 10.0. The number of aromatic nitrogens is 6. The van der Waals surface area contributed by atoms with Crippen molar-refractivity contribution in [3.8, 4) is 39.5 Å². The maximum Gasteiger partial charge on any atom is 0.226 e. The lowest BCUT2D eigenvalue weighted by Crippen LogP contribution is -2.19. The van der Waals surface area contributed by atoms with Crippen LogP contribution < -0.4 is 10.1 Å². The van der Waals surface area contributed by atoms with Crippen molar-refractivity contribution < 1.29 is 13.9 Å². The van der Waals surface area contributed by atoms with Crippen LogP contribution in [-0.2, 0) is 4.79 Å². The molecule has 5 heterocycles. The Balaban J connectivity index is 1.36. The van der Waals surface area contributed by atoms with Crippen LogP contribution in [0.1, 0.15) is 13.8 Å². The Hall–Kier alpha value is -5.16. The molecule has 0 fully saturated rings. The summed E-state index contributed by atoms with van der Waals surface area (Å²) in [6, 6.07) is 12.3. The summed E-state index contributed by atoms with van der Waals surface area (Å²) in [4.78, 5) is 31.2. The molecule has 43 heavy (non-hydrogen) atoms. The molecule has 0 atom stereocenters. The van der Waals surface area contributed by atoms with Gasteiger partial charge in [-0.1, -0.05) is 13.8 Å². The Morgan fingerprint density at radius 2 is 1.84 bits per heavy atom. The summed E-state index contributed by atoms with van der Waals surface area (Å²) < 4.78 is 20.4. The number of likely N-dealkylation sites (N-methyl/N-ethyl adjacent to an activating group) is 1. The molecule has 0 aliphatic rings. The molecule has 0 aliphatic heterocycles. The van der Waals surface area contributed by atoms with E-state index in [4.69, 9.17) is 9.72 Å². The van der Waals surface area contributed by atoms with E-state index in [1.807, 2.05) is 63.2 Å². The molecule has 11 heteroatoms. The minimum Gasteiger partial charge on any atom is -0.492 e. The van der Waals surface area contributed by atoms with Crippen LogP contribution in [0.15, 0.2) is 67.3 Å². The Bertz CT molecular complexity index is 1950. The number of halogens is 1. The van der Waals surface area contributed by atoms with E-state index in [0.29, 0.717) is 47.1 Å². The van der Waals surface area contributed by atoms with Crippen molar-refractivity contribution in [2.75, 3.05) is 32.6 Å². The van der Waals surface area contributed by atoms with Gasteiger partial charge >= 0.3 is 0 Å². The van der Waals surface area contributed by atoms with E-state index in [9.17, 15) is 9.18 Å². The van der Waals surface area contributed by atoms with Crippen molar-refractivity contribution in [2.24, 2.45) is 5.92 Å². The number of carbonyl (C=O) groups excluding carboxylic acids is 1. The van der Waals surface area contributed by atoms with Crippen LogP contribution in [0.5, 0.6) is 5.75 Å². The molecule has 1 aromatic carbocycles. The zero-order valence-electron chi connectivity index (χ0n) is 24.3. The van der Waals surface area contributed by atoms with Crippen molar-refractivity contribution >= 4 is 33.5 Å². The Morgan fingerprint density at radius 1 is 1.00 bits per heavy atom. The van der Waals surface area contributed by atoms with Gasteiger partial charge in [-0.05, 0) is 56.1 Å². The third kappa shape index (κ3) is 5.93. The standard InChI is InChI=1S/C32H31FN8O2/c1-18(2)32(42)36-22-10-20(14-34-15-22)26-5-6-27-30(38-26)31(40-39-27)28-13-24-25(16-35-17-29(24)37-28)19-9-21(33)12-23(11-19)43-8-7-41(3)4/h5-6,9-18,37H,7-8H2,1-4H3,(H,36,42)(H,39,40). The van der Waals surface area contributed by atoms with E-state index in [2.05, 4.69) is 30.5 Å². The highest BCUT2D eigenvalue weighted by Crippen LogP contribution is 2.35. The van der Waals surface area contributed by atoms with Crippen LogP contribution in [0.4, 0.5) is 10.1 Å². The van der Waals surface area contributed by atoms with E-state index < -0.39 is 0 Å². The first-order valence-corrected chi connectivity index (χ1v) is 13.9. The Labute approximate surface area is 247 Å². The number of benzene rings is 1. The minimum atomic E-state index is -0.387. The lowest BCUT2D eigenvalue weighted by molar-refractivity contribution is -0.118. The summed E-state index contributed by atoms with van der Waals surface area (Å²) in [6.45, 7) is 4.83. The fourth-order valence-corrected chi connectivity index (χ4v) is 4.74. The van der Waals surface area contributed by atoms with Crippen LogP contribution in [0.25, 0.3) is 55.7 Å². The predicted molar refractivity (Wildman–Crippen MR) is 165 cm³/mol. The van der Waals surface area contributed by atoms with Crippen LogP contribution >= 0.6 is 0 Å². The zero-order valence-corrected chi connectivity index (χ0v) is 24.3. The third-order valence-corrected chi connectivity index (χ3v) is 7.02. The molecule has 6 aromatic rings. The fourth-order valence-electron chi connectivity index (χ4n) is 4.74. The van der Waals surface area contributed by atoms with Crippen LogP contribution in [0, 0.1) is 11.7 Å². The molecule has 0 saturated heterocycles. The molecule has 6 rings (SSSR count). The number of anilines is 1. The number of nitrogens with zero attached hydrogens (tertiary/aromatic N) is 5. The number of hydrogen-bond donors (Lipinski definition) is 3. The molecule has 0 radical (unpaired) electrons. The van der Waals surface area contributed by atoms with Gasteiger partial charge in [0.05, 0.1) is 40.5 Å². The maximum atomic E-state index is 14.6. The smallest absolute Gasteiger partial charge is 0.226 e. The average molecular weight is 579 g/mol. The van der Waals surface area contributed by atoms with Gasteiger partial charge < -0.3 is 19.9 Å². The summed E-state index contributed by atoms with van der Waals surface area (Å²) in [5.41, 5.74) is 7.02. The largest absolute Gasteiger partial charge is 0.492 e. The number of amides is 1. The Morgan fingerprint density at radius 3 is 2.65 bits per heavy atom. The number of nitrogens with one attached hydrogen (secondary N) is 3. The van der Waals surface area contributed by atoms with E-state index in [0.717, 1.165) is 33.2 Å². The van der Waals surface area contributed by atoms with E-state index in [1.165, 1.54) is 12.1 Å². The number of hydrogen-bond acceptors (Lipinski definition) is 7. The molecule has 0 unspecified atom stereocenters. The van der Waals surface area contributed by atoms with E-state index >= 15 is 0 Å². The van der Waals surface area contributed by atoms with Gasteiger partial charge in [-0.2, -0.15) is 5.10 Å². The molecular formula is C32H31FN8O2. The van der Waals surface area contributed by atoms with Crippen molar-refractivity contribution in [1.82, 2.24) is 35.0 Å². The maximum absolute atomic E-state index is 14.6. The summed E-state index contributed by atoms with van der Waals surface area (Å²) in [5.74, 6) is -0.161. The van der Waals surface area contributed by atoms with Gasteiger partial charge in [0.25, 0.3) is 0 Å². The highest BCUT2D eigenvalue weighted by atomic mass is 19.1. The van der Waals surface area contributed by atoms with E-state index in [1.54, 1.807) is 24.8 Å². The number of aromatic amines is 2. The minimum absolute atomic E-state index is 0.0847. The Kier molecular flexibility index (Phi) is 7.56. The van der Waals surface area contributed by atoms with Crippen LogP contribution in [0.2, 0.25) is 0 Å². The normalized spacial score (nSPS) is 11.6. The quantitative estimate of drug-likeness (QED) is 0.195. The molecule has 10 nitrogen and oxygen atoms in total. The number of carbonyl (C=O) groups is 1. The molecule has 5 aromatic heterocycles. The van der Waals surface area contributed by atoms with Gasteiger partial charge in [0.1, 0.15) is 29.4 Å². The molecular weight excluding hydrogens is 547 g/mol. The van der Waals surface area contributed by atoms with Gasteiger partial charge in [-0.25, -0.2) is 9.37 Å². The van der Waals surface area contributed by atoms with Crippen LogP contribution in [-0.4, -0.2) is 68.2 Å². The molecule has 0 bridgehead atoms. The van der Waals surface area contributed by atoms with Crippen LogP contribution in [0.3, 0.4) is 0 Å². The highest BCUT2D eigenvalue weighted by molar-refractivity contribution is 6.00. The topological polar surface area (TPSA) is 125 Å². The molecule has 0 aliphatic carbocycles. The first-order valence-electron chi connectivity index (χ1n) is 13.9. The SMILES string of the molecule is CC(C)C(=O)Nc1cncc(-c2ccc3[nH]nc(-c4cc5c(-c6cc(F)cc(OCCN(C)C)c6)cncc5[nH]4)c3n2)c1. The summed E-state index contributed by atoms with van der Waals surface area (Å²) in [6.07, 6.45) is 6.76. The zero-order chi connectivity index (χ0) is 30.1. The monoisotopic (exact) mass is 578 g/mol. The van der Waals surface area contributed by atoms with Gasteiger partial charge in [-0.15, -0.1) is 0 Å². The first-order chi connectivity index (χ1) is 20.7. The number of ether oxygens (including phenoxy) is 1. The second-order valence-corrected chi connectivity index (χ2v) is 10.9. The number of pyridine rings is 3. The van der Waals surface area contributed by atoms with Gasteiger partial charge in [0.15, 0.2) is 0 Å². The number of fused-ring (bicyclic) bond motifs is 2. The molecule has 218 valence electrons. The average Bonchev–Trinajstić information content (AvgIpc) is 3.60. The van der Waals surface area contributed by atoms with Crippen molar-refractivity contribution in [3.63, 3.8) is 0 Å². The van der Waals surface area contributed by atoms with Gasteiger partial charge in [0.2, 0.25) is 5.91 Å². The predicted octanol–water partition coefficient (Wildman–Crippen LogP) is 5.90. The first kappa shape index (κ1) is 28.0. The van der Waals surface area contributed by atoms with Crippen molar-refractivity contribution in [2.45, 2.75) is 13.8 Å². The van der Waals surface area contributed by atoms with Crippen molar-refractivity contribution in [3.05, 3.63) is 73.1 Å². The van der Waals surface area contributed by atoms with E-state index in [-0.39, 0.29) is 17.6 Å². The summed E-state index contributed by atoms with van der Waals surface area (Å²) in [5, 5.41) is 11.4. The third-order valence-electron chi connectivity index (χ3n) is 7.02. The van der Waals surface area contributed by atoms with Crippen molar-refractivity contribution in [1.29, 1.82) is 0 Å². The molecule has 0 saturated carbocycles. The highest BCUT2D eigenvalue weighted by Gasteiger charge is 2.17. The lowest BCUT2D eigenvalue weighted by Gasteiger charge is -2.12. The number of H-pyrrole nitrogens is 2. The second-order valence-electron chi connectivity index (χ2n) is 10.9. The summed E-state index contributed by atoms with van der Waals surface area (Å²) in [7, 11) is 3.92. The number of rotatable bonds is 9. The summed E-state index contributed by atoms with van der Waals surface area (Å²) >= 11 is 0. The van der Waals surface area contributed by atoms with Gasteiger partial charge in [0, 0.05) is 47.4 Å². The molecule has 0 spiro atoms. The second kappa shape index (κ2) is 11.6. The molecule has 1 amide bonds. The van der Waals surface area contributed by atoms with Gasteiger partial charge in [-0.3, -0.25) is 19.9 Å². The molecule has 3 N–H and O–H groups in total. The fraction of sp³-hybridized carbons (Fsp3) is 0.219.